The van der Waals surface area contributed by atoms with Crippen LogP contribution < -0.4 is 0 Å². The van der Waals surface area contributed by atoms with Crippen molar-refractivity contribution in [2.75, 3.05) is 0 Å². The predicted molar refractivity (Wildman–Crippen MR) is 72.3 cm³/mol. The molecule has 1 aliphatic rings. The van der Waals surface area contributed by atoms with Crippen LogP contribution in [0.25, 0.3) is 0 Å². The van der Waals surface area contributed by atoms with E-state index in [1.807, 2.05) is 0 Å². The minimum atomic E-state index is -2.63. The molecular weight excluding hydrogens is 293 g/mol. The SMILES string of the molecule is O=C(CC1CCCC(F)(F)C1)c1cc(Cl)cc(Cl)c1. The van der Waals surface area contributed by atoms with Crippen molar-refractivity contribution in [2.45, 2.75) is 38.0 Å². The van der Waals surface area contributed by atoms with Crippen LogP contribution in [0, 0.1) is 5.92 Å². The summed E-state index contributed by atoms with van der Waals surface area (Å²) in [5.74, 6) is -3.06. The number of benzene rings is 1. The van der Waals surface area contributed by atoms with Crippen LogP contribution in [-0.2, 0) is 0 Å². The molecule has 0 radical (unpaired) electrons. The van der Waals surface area contributed by atoms with Crippen LogP contribution in [0.2, 0.25) is 10.0 Å². The summed E-state index contributed by atoms with van der Waals surface area (Å²) in [6.45, 7) is 0. The number of alkyl halides is 2. The fraction of sp³-hybridized carbons (Fsp3) is 0.500. The molecule has 0 bridgehead atoms. The van der Waals surface area contributed by atoms with Gasteiger partial charge in [-0.1, -0.05) is 23.2 Å². The summed E-state index contributed by atoms with van der Waals surface area (Å²) in [6.07, 6.45) is 1.01. The predicted octanol–water partition coefficient (Wildman–Crippen LogP) is 5.39. The van der Waals surface area contributed by atoms with Crippen LogP contribution in [0.4, 0.5) is 8.78 Å². The van der Waals surface area contributed by atoms with Gasteiger partial charge in [0, 0.05) is 34.9 Å². The number of ketones is 1. The highest BCUT2D eigenvalue weighted by Gasteiger charge is 2.36. The maximum Gasteiger partial charge on any atom is 0.248 e. The van der Waals surface area contributed by atoms with E-state index < -0.39 is 5.92 Å². The molecule has 1 aliphatic carbocycles. The zero-order valence-corrected chi connectivity index (χ0v) is 11.8. The third-order valence-corrected chi connectivity index (χ3v) is 3.84. The Balaban J connectivity index is 2.04. The monoisotopic (exact) mass is 306 g/mol. The number of carbonyl (C=O) groups excluding carboxylic acids is 1. The Morgan fingerprint density at radius 2 is 1.89 bits per heavy atom. The van der Waals surface area contributed by atoms with Gasteiger partial charge in [0.05, 0.1) is 0 Å². The molecule has 1 unspecified atom stereocenters. The highest BCUT2D eigenvalue weighted by Crippen LogP contribution is 2.38. The van der Waals surface area contributed by atoms with Crippen LogP contribution in [0.1, 0.15) is 42.5 Å². The Morgan fingerprint density at radius 3 is 2.47 bits per heavy atom. The Hall–Kier alpha value is -0.670. The zero-order chi connectivity index (χ0) is 14.0. The lowest BCUT2D eigenvalue weighted by Crippen LogP contribution is -2.27. The van der Waals surface area contributed by atoms with Crippen LogP contribution >= 0.6 is 23.2 Å². The lowest BCUT2D eigenvalue weighted by Gasteiger charge is -2.28. The number of Topliss-reactive ketones (excluding diaryl/α,β-unsaturated/α-hetero) is 1. The second kappa shape index (κ2) is 5.76. The summed E-state index contributed by atoms with van der Waals surface area (Å²) in [7, 11) is 0. The number of hydrogen-bond donors (Lipinski definition) is 0. The molecule has 0 heterocycles. The van der Waals surface area contributed by atoms with Crippen LogP contribution in [0.3, 0.4) is 0 Å². The molecule has 1 aromatic rings. The molecule has 0 aliphatic heterocycles. The molecule has 1 nitrogen and oxygen atoms in total. The van der Waals surface area contributed by atoms with E-state index >= 15 is 0 Å². The van der Waals surface area contributed by atoms with E-state index in [9.17, 15) is 13.6 Å². The van der Waals surface area contributed by atoms with Crippen molar-refractivity contribution in [3.63, 3.8) is 0 Å². The highest BCUT2D eigenvalue weighted by atomic mass is 35.5. The fourth-order valence-corrected chi connectivity index (χ4v) is 3.07. The van der Waals surface area contributed by atoms with E-state index in [0.29, 0.717) is 28.5 Å². The molecule has 0 spiro atoms. The molecule has 104 valence electrons. The molecule has 0 aromatic heterocycles. The maximum absolute atomic E-state index is 13.3. The number of rotatable bonds is 3. The third-order valence-electron chi connectivity index (χ3n) is 3.40. The third kappa shape index (κ3) is 4.15. The molecule has 5 heteroatoms. The lowest BCUT2D eigenvalue weighted by molar-refractivity contribution is -0.0521. The summed E-state index contributed by atoms with van der Waals surface area (Å²) >= 11 is 11.7. The Kier molecular flexibility index (Phi) is 4.46. The Bertz CT molecular complexity index is 468. The van der Waals surface area contributed by atoms with Crippen LogP contribution in [0.15, 0.2) is 18.2 Å². The van der Waals surface area contributed by atoms with Gasteiger partial charge < -0.3 is 0 Å². The Labute approximate surface area is 120 Å². The second-order valence-corrected chi connectivity index (χ2v) is 5.98. The molecule has 19 heavy (non-hydrogen) atoms. The van der Waals surface area contributed by atoms with Crippen molar-refractivity contribution in [1.29, 1.82) is 0 Å². The van der Waals surface area contributed by atoms with E-state index in [0.717, 1.165) is 0 Å². The molecule has 1 atom stereocenters. The number of hydrogen-bond acceptors (Lipinski definition) is 1. The van der Waals surface area contributed by atoms with Gasteiger partial charge in [-0.25, -0.2) is 8.78 Å². The molecule has 0 N–H and O–H groups in total. The van der Waals surface area contributed by atoms with Gasteiger partial charge in [-0.3, -0.25) is 4.79 Å². The van der Waals surface area contributed by atoms with Gasteiger partial charge in [0.2, 0.25) is 5.92 Å². The summed E-state index contributed by atoms with van der Waals surface area (Å²) in [5, 5.41) is 0.759. The van der Waals surface area contributed by atoms with Crippen molar-refractivity contribution in [2.24, 2.45) is 5.92 Å². The first-order valence-corrected chi connectivity index (χ1v) is 6.98. The van der Waals surface area contributed by atoms with E-state index in [-0.39, 0.29) is 31.0 Å². The number of halogens is 4. The smallest absolute Gasteiger partial charge is 0.248 e. The summed E-state index contributed by atoms with van der Waals surface area (Å²) in [5.41, 5.74) is 0.395. The van der Waals surface area contributed by atoms with Gasteiger partial charge in [0.1, 0.15) is 0 Å². The van der Waals surface area contributed by atoms with Crippen molar-refractivity contribution in [3.8, 4) is 0 Å². The average molecular weight is 307 g/mol. The van der Waals surface area contributed by atoms with E-state index in [1.54, 1.807) is 0 Å². The maximum atomic E-state index is 13.3. The summed E-state index contributed by atoms with van der Waals surface area (Å²) in [4.78, 5) is 12.1. The summed E-state index contributed by atoms with van der Waals surface area (Å²) in [6, 6.07) is 4.59. The van der Waals surface area contributed by atoms with Gasteiger partial charge >= 0.3 is 0 Å². The first kappa shape index (κ1) is 14.7. The second-order valence-electron chi connectivity index (χ2n) is 5.10. The van der Waals surface area contributed by atoms with Crippen molar-refractivity contribution >= 4 is 29.0 Å². The van der Waals surface area contributed by atoms with E-state index in [4.69, 9.17) is 23.2 Å². The topological polar surface area (TPSA) is 17.1 Å². The van der Waals surface area contributed by atoms with Gasteiger partial charge in [0.15, 0.2) is 5.78 Å². The molecule has 1 aromatic carbocycles. The number of carbonyl (C=O) groups is 1. The standard InChI is InChI=1S/C14H14Cl2F2O/c15-11-5-10(6-12(16)7-11)13(19)4-9-2-1-3-14(17,18)8-9/h5-7,9H,1-4,8H2. The summed E-state index contributed by atoms with van der Waals surface area (Å²) < 4.78 is 26.6. The molecule has 1 saturated carbocycles. The van der Waals surface area contributed by atoms with Crippen molar-refractivity contribution < 1.29 is 13.6 Å². The normalized spacial score (nSPS) is 22.2. The molecular formula is C14H14Cl2F2O. The first-order valence-electron chi connectivity index (χ1n) is 6.23. The molecule has 0 saturated heterocycles. The van der Waals surface area contributed by atoms with Gasteiger partial charge in [-0.2, -0.15) is 0 Å². The molecule has 0 amide bonds. The Morgan fingerprint density at radius 1 is 1.26 bits per heavy atom. The van der Waals surface area contributed by atoms with Crippen molar-refractivity contribution in [3.05, 3.63) is 33.8 Å². The molecule has 1 fully saturated rings. The first-order chi connectivity index (χ1) is 8.85. The quantitative estimate of drug-likeness (QED) is 0.684. The lowest BCUT2D eigenvalue weighted by atomic mass is 9.82. The minimum Gasteiger partial charge on any atom is -0.294 e. The van der Waals surface area contributed by atoms with E-state index in [2.05, 4.69) is 0 Å². The average Bonchev–Trinajstić information content (AvgIpc) is 2.26. The van der Waals surface area contributed by atoms with Gasteiger partial charge in [0.25, 0.3) is 0 Å². The van der Waals surface area contributed by atoms with Gasteiger partial charge in [-0.05, 0) is 37.0 Å². The van der Waals surface area contributed by atoms with Crippen LogP contribution in [-0.4, -0.2) is 11.7 Å². The fourth-order valence-electron chi connectivity index (χ4n) is 2.54. The minimum absolute atomic E-state index is 0.0688. The van der Waals surface area contributed by atoms with Gasteiger partial charge in [-0.15, -0.1) is 0 Å². The van der Waals surface area contributed by atoms with Crippen molar-refractivity contribution in [1.82, 2.24) is 0 Å². The largest absolute Gasteiger partial charge is 0.294 e. The van der Waals surface area contributed by atoms with Crippen LogP contribution in [0.5, 0.6) is 0 Å². The highest BCUT2D eigenvalue weighted by molar-refractivity contribution is 6.35. The molecule has 2 rings (SSSR count). The zero-order valence-electron chi connectivity index (χ0n) is 10.3. The van der Waals surface area contributed by atoms with E-state index in [1.165, 1.54) is 18.2 Å².